The van der Waals surface area contributed by atoms with E-state index in [-0.39, 0.29) is 12.0 Å². The molecule has 0 radical (unpaired) electrons. The van der Waals surface area contributed by atoms with Crippen LogP contribution >= 0.6 is 11.3 Å². The molecule has 1 heterocycles. The molecule has 0 unspecified atom stereocenters. The van der Waals surface area contributed by atoms with Gasteiger partial charge in [0, 0.05) is 10.3 Å². The van der Waals surface area contributed by atoms with E-state index in [0.717, 1.165) is 41.3 Å². The second-order valence-corrected chi connectivity index (χ2v) is 7.49. The SMILES string of the molecule is CCOC(=O)c1c(NC(=O)Nc2cccc3ccccc23)sc2c1CCC2. The van der Waals surface area contributed by atoms with Gasteiger partial charge in [-0.2, -0.15) is 0 Å². The molecule has 3 aromatic rings. The predicted molar refractivity (Wildman–Crippen MR) is 109 cm³/mol. The molecule has 0 spiro atoms. The molecule has 2 amide bonds. The zero-order valence-corrected chi connectivity index (χ0v) is 15.8. The van der Waals surface area contributed by atoms with Gasteiger partial charge in [0.15, 0.2) is 0 Å². The van der Waals surface area contributed by atoms with Gasteiger partial charge in [0.25, 0.3) is 0 Å². The molecule has 138 valence electrons. The van der Waals surface area contributed by atoms with Crippen LogP contribution in [0.2, 0.25) is 0 Å². The van der Waals surface area contributed by atoms with Crippen molar-refractivity contribution in [3.63, 3.8) is 0 Å². The summed E-state index contributed by atoms with van der Waals surface area (Å²) in [5.74, 6) is -0.364. The van der Waals surface area contributed by atoms with Crippen LogP contribution < -0.4 is 10.6 Å². The number of urea groups is 1. The van der Waals surface area contributed by atoms with Gasteiger partial charge in [-0.3, -0.25) is 5.32 Å². The highest BCUT2D eigenvalue weighted by Gasteiger charge is 2.28. The van der Waals surface area contributed by atoms with Crippen LogP contribution in [0.4, 0.5) is 15.5 Å². The smallest absolute Gasteiger partial charge is 0.341 e. The molecule has 0 aliphatic heterocycles. The van der Waals surface area contributed by atoms with Gasteiger partial charge in [-0.25, -0.2) is 9.59 Å². The first-order valence-electron chi connectivity index (χ1n) is 9.04. The molecule has 2 N–H and O–H groups in total. The molecule has 1 aromatic heterocycles. The minimum atomic E-state index is -0.364. The number of carbonyl (C=O) groups is 2. The number of thiophene rings is 1. The fourth-order valence-corrected chi connectivity index (χ4v) is 4.78. The summed E-state index contributed by atoms with van der Waals surface area (Å²) in [5.41, 5.74) is 2.27. The molecule has 0 saturated heterocycles. The molecule has 1 aliphatic carbocycles. The van der Waals surface area contributed by atoms with Gasteiger partial charge < -0.3 is 10.1 Å². The monoisotopic (exact) mass is 380 g/mol. The average Bonchev–Trinajstić information content (AvgIpc) is 3.22. The van der Waals surface area contributed by atoms with Gasteiger partial charge >= 0.3 is 12.0 Å². The van der Waals surface area contributed by atoms with Crippen LogP contribution in [-0.2, 0) is 17.6 Å². The van der Waals surface area contributed by atoms with E-state index < -0.39 is 0 Å². The maximum Gasteiger partial charge on any atom is 0.341 e. The number of fused-ring (bicyclic) bond motifs is 2. The van der Waals surface area contributed by atoms with Crippen molar-refractivity contribution in [2.45, 2.75) is 26.2 Å². The molecule has 4 rings (SSSR count). The van der Waals surface area contributed by atoms with E-state index in [9.17, 15) is 9.59 Å². The maximum absolute atomic E-state index is 12.6. The van der Waals surface area contributed by atoms with Gasteiger partial charge in [-0.1, -0.05) is 36.4 Å². The van der Waals surface area contributed by atoms with Crippen molar-refractivity contribution in [1.29, 1.82) is 0 Å². The van der Waals surface area contributed by atoms with Crippen LogP contribution in [0, 0.1) is 0 Å². The Balaban J connectivity index is 1.59. The first kappa shape index (κ1) is 17.5. The average molecular weight is 380 g/mol. The van der Waals surface area contributed by atoms with Crippen LogP contribution in [0.3, 0.4) is 0 Å². The highest BCUT2D eigenvalue weighted by atomic mass is 32.1. The summed E-state index contributed by atoms with van der Waals surface area (Å²) in [6, 6.07) is 13.3. The summed E-state index contributed by atoms with van der Waals surface area (Å²) in [5, 5.41) is 8.35. The van der Waals surface area contributed by atoms with E-state index in [2.05, 4.69) is 10.6 Å². The number of aryl methyl sites for hydroxylation is 1. The summed E-state index contributed by atoms with van der Waals surface area (Å²) in [4.78, 5) is 26.2. The summed E-state index contributed by atoms with van der Waals surface area (Å²) in [6.45, 7) is 2.09. The van der Waals surface area contributed by atoms with E-state index >= 15 is 0 Å². The molecule has 5 nitrogen and oxygen atoms in total. The molecular formula is C21H20N2O3S. The zero-order valence-electron chi connectivity index (χ0n) is 15.0. The zero-order chi connectivity index (χ0) is 18.8. The molecule has 2 aromatic carbocycles. The first-order chi connectivity index (χ1) is 13.2. The normalized spacial score (nSPS) is 12.6. The van der Waals surface area contributed by atoms with Crippen molar-refractivity contribution < 1.29 is 14.3 Å². The molecule has 0 fully saturated rings. The Bertz CT molecular complexity index is 1020. The third-order valence-electron chi connectivity index (χ3n) is 4.67. The second-order valence-electron chi connectivity index (χ2n) is 6.39. The van der Waals surface area contributed by atoms with Crippen molar-refractivity contribution in [1.82, 2.24) is 0 Å². The minimum absolute atomic E-state index is 0.311. The Hall–Kier alpha value is -2.86. The van der Waals surface area contributed by atoms with E-state index in [1.807, 2.05) is 42.5 Å². The Kier molecular flexibility index (Phi) is 4.81. The van der Waals surface area contributed by atoms with Crippen LogP contribution in [0.15, 0.2) is 42.5 Å². The maximum atomic E-state index is 12.6. The molecular weight excluding hydrogens is 360 g/mol. The Morgan fingerprint density at radius 1 is 1.07 bits per heavy atom. The van der Waals surface area contributed by atoms with Gasteiger partial charge in [-0.15, -0.1) is 11.3 Å². The van der Waals surface area contributed by atoms with E-state index in [4.69, 9.17) is 4.74 Å². The van der Waals surface area contributed by atoms with Gasteiger partial charge in [0.1, 0.15) is 5.00 Å². The number of anilines is 2. The molecule has 0 atom stereocenters. The third-order valence-corrected chi connectivity index (χ3v) is 5.87. The quantitative estimate of drug-likeness (QED) is 0.611. The predicted octanol–water partition coefficient (Wildman–Crippen LogP) is 5.21. The van der Waals surface area contributed by atoms with Crippen LogP contribution in [0.25, 0.3) is 10.8 Å². The van der Waals surface area contributed by atoms with Crippen molar-refractivity contribution in [2.75, 3.05) is 17.2 Å². The lowest BCUT2D eigenvalue weighted by Gasteiger charge is -2.11. The van der Waals surface area contributed by atoms with Gasteiger partial charge in [-0.05, 0) is 43.2 Å². The second kappa shape index (κ2) is 7.40. The summed E-state index contributed by atoms with van der Waals surface area (Å²) in [6.07, 6.45) is 2.84. The number of rotatable bonds is 4. The number of ether oxygens (including phenoxy) is 1. The molecule has 6 heteroatoms. The fourth-order valence-electron chi connectivity index (χ4n) is 3.50. The van der Waals surface area contributed by atoms with Crippen molar-refractivity contribution in [3.8, 4) is 0 Å². The highest BCUT2D eigenvalue weighted by molar-refractivity contribution is 7.17. The summed E-state index contributed by atoms with van der Waals surface area (Å²) < 4.78 is 5.21. The number of amides is 2. The van der Waals surface area contributed by atoms with Gasteiger partial charge in [0.05, 0.1) is 17.9 Å². The fraction of sp³-hybridized carbons (Fsp3) is 0.238. The lowest BCUT2D eigenvalue weighted by Crippen LogP contribution is -2.21. The van der Waals surface area contributed by atoms with Crippen molar-refractivity contribution in [2.24, 2.45) is 0 Å². The lowest BCUT2D eigenvalue weighted by molar-refractivity contribution is 0.0527. The highest BCUT2D eigenvalue weighted by Crippen LogP contribution is 2.39. The van der Waals surface area contributed by atoms with E-state index in [0.29, 0.717) is 17.2 Å². The summed E-state index contributed by atoms with van der Waals surface area (Å²) in [7, 11) is 0. The van der Waals surface area contributed by atoms with Crippen LogP contribution in [0.1, 0.15) is 34.1 Å². The molecule has 0 saturated carbocycles. The third kappa shape index (κ3) is 3.40. The molecule has 0 bridgehead atoms. The topological polar surface area (TPSA) is 67.4 Å². The summed E-state index contributed by atoms with van der Waals surface area (Å²) >= 11 is 1.47. The standard InChI is InChI=1S/C21H20N2O3S/c1-2-26-20(24)18-15-10-6-12-17(15)27-19(18)23-21(25)22-16-11-5-8-13-7-3-4-9-14(13)16/h3-5,7-9,11H,2,6,10,12H2,1H3,(H2,22,23,25). The Labute approximate surface area is 161 Å². The Morgan fingerprint density at radius 2 is 1.89 bits per heavy atom. The molecule has 27 heavy (non-hydrogen) atoms. The van der Waals surface area contributed by atoms with Crippen LogP contribution in [0.5, 0.6) is 0 Å². The van der Waals surface area contributed by atoms with Gasteiger partial charge in [0.2, 0.25) is 0 Å². The van der Waals surface area contributed by atoms with Crippen LogP contribution in [-0.4, -0.2) is 18.6 Å². The number of hydrogen-bond donors (Lipinski definition) is 2. The minimum Gasteiger partial charge on any atom is -0.462 e. The van der Waals surface area contributed by atoms with Crippen molar-refractivity contribution >= 4 is 44.8 Å². The molecule has 1 aliphatic rings. The number of esters is 1. The Morgan fingerprint density at radius 3 is 2.74 bits per heavy atom. The lowest BCUT2D eigenvalue weighted by atomic mass is 10.1. The van der Waals surface area contributed by atoms with E-state index in [1.165, 1.54) is 16.2 Å². The largest absolute Gasteiger partial charge is 0.462 e. The van der Waals surface area contributed by atoms with Crippen molar-refractivity contribution in [3.05, 3.63) is 58.5 Å². The van der Waals surface area contributed by atoms with E-state index in [1.54, 1.807) is 6.92 Å². The first-order valence-corrected chi connectivity index (χ1v) is 9.86. The number of nitrogens with one attached hydrogen (secondary N) is 2. The number of benzene rings is 2. The number of hydrogen-bond acceptors (Lipinski definition) is 4. The number of carbonyl (C=O) groups excluding carboxylic acids is 2.